The summed E-state index contributed by atoms with van der Waals surface area (Å²) in [5.74, 6) is -0.738. The maximum Gasteiger partial charge on any atom is 0.416 e. The van der Waals surface area contributed by atoms with Gasteiger partial charge in [0.05, 0.1) is 57.6 Å². The number of halogens is 4. The molecule has 1 aromatic heterocycles. The van der Waals surface area contributed by atoms with Gasteiger partial charge < -0.3 is 26.2 Å². The largest absolute Gasteiger partial charge is 1.00 e. The van der Waals surface area contributed by atoms with Gasteiger partial charge >= 0.3 is 17.8 Å². The van der Waals surface area contributed by atoms with Crippen molar-refractivity contribution in [2.75, 3.05) is 33.2 Å². The Hall–Kier alpha value is -4.67. The van der Waals surface area contributed by atoms with Gasteiger partial charge in [-0.3, -0.25) is 4.90 Å². The Morgan fingerprint density at radius 1 is 1.02 bits per heavy atom. The van der Waals surface area contributed by atoms with Crippen LogP contribution < -0.4 is 27.6 Å². The third-order valence-corrected chi connectivity index (χ3v) is 7.51. The van der Waals surface area contributed by atoms with E-state index < -0.39 is 29.4 Å². The first kappa shape index (κ1) is 34.2. The number of ether oxygens (including phenoxy) is 1. The molecule has 0 saturated heterocycles. The lowest BCUT2D eigenvalue weighted by Crippen LogP contribution is -3.00. The first-order valence-electron chi connectivity index (χ1n) is 14.1. The summed E-state index contributed by atoms with van der Waals surface area (Å²) in [6.07, 6.45) is -4.63. The molecule has 0 fully saturated rings. The molecular formula is C33H32BrF3N6O3. The molecule has 0 aliphatic carbocycles. The summed E-state index contributed by atoms with van der Waals surface area (Å²) < 4.78 is 49.7. The van der Waals surface area contributed by atoms with Crippen molar-refractivity contribution in [1.29, 1.82) is 5.26 Å². The minimum absolute atomic E-state index is 0. The molecule has 4 aromatic rings. The molecule has 1 unspecified atom stereocenters. The molecule has 13 heteroatoms. The van der Waals surface area contributed by atoms with E-state index in [0.29, 0.717) is 11.1 Å². The monoisotopic (exact) mass is 696 g/mol. The summed E-state index contributed by atoms with van der Waals surface area (Å²) in [5, 5.41) is 14.0. The van der Waals surface area contributed by atoms with Gasteiger partial charge in [0, 0.05) is 16.9 Å². The highest BCUT2D eigenvalue weighted by molar-refractivity contribution is 5.93. The van der Waals surface area contributed by atoms with Crippen molar-refractivity contribution in [1.82, 2.24) is 14.3 Å². The van der Waals surface area contributed by atoms with Crippen molar-refractivity contribution >= 4 is 17.6 Å². The van der Waals surface area contributed by atoms with E-state index in [9.17, 15) is 28.0 Å². The van der Waals surface area contributed by atoms with Gasteiger partial charge in [-0.25, -0.2) is 18.8 Å². The zero-order valence-corrected chi connectivity index (χ0v) is 27.4. The molecule has 0 spiro atoms. The Labute approximate surface area is 274 Å². The fourth-order valence-electron chi connectivity index (χ4n) is 5.51. The molecule has 3 aromatic carbocycles. The number of nitriles is 1. The summed E-state index contributed by atoms with van der Waals surface area (Å²) in [6, 6.07) is 19.8. The van der Waals surface area contributed by atoms with Crippen LogP contribution in [0.15, 0.2) is 88.9 Å². The van der Waals surface area contributed by atoms with Gasteiger partial charge in [-0.05, 0) is 48.4 Å². The van der Waals surface area contributed by atoms with Gasteiger partial charge in [0.2, 0.25) is 5.95 Å². The predicted octanol–water partition coefficient (Wildman–Crippen LogP) is 2.38. The van der Waals surface area contributed by atoms with Crippen LogP contribution in [0, 0.1) is 11.3 Å². The molecule has 0 saturated carbocycles. The molecule has 0 bridgehead atoms. The number of hydrogen-bond donors (Lipinski definition) is 0. The predicted molar refractivity (Wildman–Crippen MR) is 161 cm³/mol. The molecule has 1 atom stereocenters. The van der Waals surface area contributed by atoms with E-state index in [4.69, 9.17) is 4.74 Å². The molecule has 9 nitrogen and oxygen atoms in total. The van der Waals surface area contributed by atoms with Crippen LogP contribution in [0.3, 0.4) is 0 Å². The maximum atomic E-state index is 14.2. The minimum atomic E-state index is -4.63. The number of allylic oxidation sites excluding steroid dienone is 1. The zero-order chi connectivity index (χ0) is 32.7. The lowest BCUT2D eigenvalue weighted by Gasteiger charge is -2.35. The molecule has 2 heterocycles. The highest BCUT2D eigenvalue weighted by Gasteiger charge is 2.41. The van der Waals surface area contributed by atoms with E-state index in [1.54, 1.807) is 31.2 Å². The summed E-state index contributed by atoms with van der Waals surface area (Å²) in [7, 11) is 7.45. The number of carbonyl (C=O) groups is 1. The topological polar surface area (TPSA) is 93.2 Å². The molecule has 46 heavy (non-hydrogen) atoms. The van der Waals surface area contributed by atoms with Crippen molar-refractivity contribution in [2.24, 2.45) is 0 Å². The van der Waals surface area contributed by atoms with Gasteiger partial charge in [0.15, 0.2) is 0 Å². The lowest BCUT2D eigenvalue weighted by molar-refractivity contribution is -0.884. The summed E-state index contributed by atoms with van der Waals surface area (Å²) in [6.45, 7) is 2.45. The molecular weight excluding hydrogens is 665 g/mol. The third kappa shape index (κ3) is 6.78. The Morgan fingerprint density at radius 3 is 2.22 bits per heavy atom. The molecule has 240 valence electrons. The SMILES string of the molecule is COC(=O)C1=C(C)N(c2cccc(C(F)(F)F)c2)c2nn(Cc3ccc(C[N+](C)(C)C)cc3)c(=O)n2C1c1ccc(C#N)cc1.[Br-]. The smallest absolute Gasteiger partial charge is 0.416 e. The van der Waals surface area contributed by atoms with E-state index in [1.165, 1.54) is 33.4 Å². The first-order valence-corrected chi connectivity index (χ1v) is 14.1. The number of rotatable bonds is 7. The number of esters is 1. The Balaban J connectivity index is 0.00000480. The lowest BCUT2D eigenvalue weighted by atomic mass is 9.93. The Kier molecular flexibility index (Phi) is 9.65. The number of benzene rings is 3. The third-order valence-electron chi connectivity index (χ3n) is 7.51. The fraction of sp³-hybridized carbons (Fsp3) is 0.273. The number of fused-ring (bicyclic) bond motifs is 1. The Bertz CT molecular complexity index is 1880. The van der Waals surface area contributed by atoms with E-state index in [2.05, 4.69) is 26.2 Å². The highest BCUT2D eigenvalue weighted by atomic mass is 79.9. The van der Waals surface area contributed by atoms with E-state index in [-0.39, 0.29) is 46.4 Å². The second-order valence-electron chi connectivity index (χ2n) is 11.9. The van der Waals surface area contributed by atoms with Gasteiger partial charge in [-0.1, -0.05) is 42.5 Å². The van der Waals surface area contributed by atoms with Crippen LogP contribution in [-0.2, 0) is 28.8 Å². The van der Waals surface area contributed by atoms with Crippen molar-refractivity contribution in [2.45, 2.75) is 32.2 Å². The molecule has 0 N–H and O–H groups in total. The standard InChI is InChI=1S/C33H32F3N6O3.BrH/c1-21-28(30(43)45-5)29(25-15-13-22(18-37)14-16-25)41-31(40(21)27-8-6-7-26(17-27)33(34,35)36)38-39(32(41)44)19-23-9-11-24(12-10-23)20-42(2,3)4;/h6-17,29H,19-20H2,1-5H3;1H/q+1;/p-1. The van der Waals surface area contributed by atoms with Crippen LogP contribution in [0.5, 0.6) is 0 Å². The zero-order valence-electron chi connectivity index (χ0n) is 25.8. The van der Waals surface area contributed by atoms with Gasteiger partial charge in [0.25, 0.3) is 0 Å². The number of aromatic nitrogens is 3. The average Bonchev–Trinajstić information content (AvgIpc) is 3.30. The van der Waals surface area contributed by atoms with E-state index >= 15 is 0 Å². The number of hydrogen-bond acceptors (Lipinski definition) is 6. The second kappa shape index (κ2) is 13.0. The first-order chi connectivity index (χ1) is 21.2. The van der Waals surface area contributed by atoms with Crippen molar-refractivity contribution in [3.63, 3.8) is 0 Å². The van der Waals surface area contributed by atoms with Crippen LogP contribution in [-0.4, -0.2) is 53.1 Å². The summed E-state index contributed by atoms with van der Waals surface area (Å²) >= 11 is 0. The number of carbonyl (C=O) groups excluding carboxylic acids is 1. The highest BCUT2D eigenvalue weighted by Crippen LogP contribution is 2.43. The van der Waals surface area contributed by atoms with Gasteiger partial charge in [0.1, 0.15) is 12.6 Å². The number of quaternary nitrogens is 1. The van der Waals surface area contributed by atoms with E-state index in [0.717, 1.165) is 34.3 Å². The number of anilines is 2. The average molecular weight is 698 g/mol. The number of methoxy groups -OCH3 is 1. The fourth-order valence-corrected chi connectivity index (χ4v) is 5.51. The van der Waals surface area contributed by atoms with Crippen LogP contribution in [0.1, 0.15) is 40.8 Å². The van der Waals surface area contributed by atoms with Crippen molar-refractivity contribution < 1.29 is 44.2 Å². The molecule has 0 radical (unpaired) electrons. The van der Waals surface area contributed by atoms with E-state index in [1.807, 2.05) is 30.3 Å². The molecule has 1 aliphatic rings. The molecule has 0 amide bonds. The second-order valence-corrected chi connectivity index (χ2v) is 11.9. The maximum absolute atomic E-state index is 14.2. The quantitative estimate of drug-likeness (QED) is 0.218. The van der Waals surface area contributed by atoms with Crippen molar-refractivity contribution in [3.8, 4) is 6.07 Å². The molecule has 1 aliphatic heterocycles. The van der Waals surface area contributed by atoms with Crippen molar-refractivity contribution in [3.05, 3.63) is 122 Å². The van der Waals surface area contributed by atoms with Crippen LogP contribution in [0.25, 0.3) is 0 Å². The summed E-state index contributed by atoms with van der Waals surface area (Å²) in [5.41, 5.74) is 1.62. The Morgan fingerprint density at radius 2 is 1.65 bits per heavy atom. The molecule has 5 rings (SSSR count). The summed E-state index contributed by atoms with van der Waals surface area (Å²) in [4.78, 5) is 28.9. The van der Waals surface area contributed by atoms with Crippen LogP contribution in [0.4, 0.5) is 24.8 Å². The van der Waals surface area contributed by atoms with Gasteiger partial charge in [-0.2, -0.15) is 18.4 Å². The number of alkyl halides is 3. The normalized spacial score (nSPS) is 14.8. The van der Waals surface area contributed by atoms with Crippen LogP contribution >= 0.6 is 0 Å². The minimum Gasteiger partial charge on any atom is -1.00 e. The van der Waals surface area contributed by atoms with Crippen LogP contribution in [0.2, 0.25) is 0 Å². The number of nitrogens with zero attached hydrogens (tertiary/aromatic N) is 6. The van der Waals surface area contributed by atoms with Gasteiger partial charge in [-0.15, -0.1) is 5.10 Å².